The van der Waals surface area contributed by atoms with Crippen LogP contribution in [0.5, 0.6) is 11.5 Å². The molecule has 2 heterocycles. The molecule has 1 aliphatic heterocycles. The number of carbonyl (C=O) groups excluding carboxylic acids is 1. The van der Waals surface area contributed by atoms with Crippen molar-refractivity contribution in [1.29, 1.82) is 5.41 Å². The van der Waals surface area contributed by atoms with Gasteiger partial charge in [-0.2, -0.15) is 13.2 Å². The second kappa shape index (κ2) is 11.4. The van der Waals surface area contributed by atoms with E-state index in [-0.39, 0.29) is 5.69 Å². The topological polar surface area (TPSA) is 87.5 Å². The van der Waals surface area contributed by atoms with E-state index in [1.807, 2.05) is 4.90 Å². The van der Waals surface area contributed by atoms with Crippen molar-refractivity contribution in [3.8, 4) is 11.5 Å². The van der Waals surface area contributed by atoms with Crippen LogP contribution in [0.15, 0.2) is 66.9 Å². The van der Waals surface area contributed by atoms with Crippen molar-refractivity contribution in [2.24, 2.45) is 0 Å². The van der Waals surface area contributed by atoms with E-state index in [1.165, 1.54) is 18.2 Å². The predicted octanol–water partition coefficient (Wildman–Crippen LogP) is 5.86. The standard InChI is InChI=1S/C26H22ClF3N4O3/c27-22-6-5-18(15-21(22)26(28,29)30)33-24(35)7-4-17-2-1-3-19(14-17)37-20-8-9-32-23(16-20)25(31)34-10-12-36-13-11-34/h1-9,14-16,31H,10-13H2,(H,33,35). The Bertz CT molecular complexity index is 1320. The fraction of sp³-hybridized carbons (Fsp3) is 0.192. The molecule has 37 heavy (non-hydrogen) atoms. The van der Waals surface area contributed by atoms with Crippen molar-refractivity contribution in [2.45, 2.75) is 6.18 Å². The number of benzene rings is 2. The highest BCUT2D eigenvalue weighted by molar-refractivity contribution is 6.31. The summed E-state index contributed by atoms with van der Waals surface area (Å²) >= 11 is 5.61. The summed E-state index contributed by atoms with van der Waals surface area (Å²) in [4.78, 5) is 18.4. The Balaban J connectivity index is 1.40. The summed E-state index contributed by atoms with van der Waals surface area (Å²) in [6, 6.07) is 13.4. The van der Waals surface area contributed by atoms with Crippen LogP contribution in [0.4, 0.5) is 18.9 Å². The smallest absolute Gasteiger partial charge is 0.417 e. The van der Waals surface area contributed by atoms with E-state index in [0.29, 0.717) is 54.9 Å². The summed E-state index contributed by atoms with van der Waals surface area (Å²) in [5.41, 5.74) is 0.0535. The number of hydrogen-bond donors (Lipinski definition) is 2. The van der Waals surface area contributed by atoms with Crippen molar-refractivity contribution >= 4 is 35.1 Å². The SMILES string of the molecule is N=C(c1cc(Oc2cccc(C=CC(=O)Nc3ccc(Cl)c(C(F)(F)F)c3)c2)ccn1)N1CCOCC1. The summed E-state index contributed by atoms with van der Waals surface area (Å²) in [6.07, 6.45) is -0.356. The Morgan fingerprint density at radius 1 is 1.11 bits per heavy atom. The van der Waals surface area contributed by atoms with E-state index >= 15 is 0 Å². The van der Waals surface area contributed by atoms with Gasteiger partial charge in [0, 0.05) is 37.1 Å². The van der Waals surface area contributed by atoms with Crippen LogP contribution >= 0.6 is 11.6 Å². The molecule has 4 rings (SSSR count). The minimum Gasteiger partial charge on any atom is -0.457 e. The largest absolute Gasteiger partial charge is 0.457 e. The monoisotopic (exact) mass is 530 g/mol. The van der Waals surface area contributed by atoms with Gasteiger partial charge in [-0.05, 0) is 48.0 Å². The highest BCUT2D eigenvalue weighted by Gasteiger charge is 2.33. The van der Waals surface area contributed by atoms with Gasteiger partial charge in [0.05, 0.1) is 23.8 Å². The van der Waals surface area contributed by atoms with Gasteiger partial charge in [0.15, 0.2) is 0 Å². The first-order valence-electron chi connectivity index (χ1n) is 11.2. The Hall–Kier alpha value is -3.89. The van der Waals surface area contributed by atoms with E-state index in [2.05, 4.69) is 10.3 Å². The van der Waals surface area contributed by atoms with Crippen molar-refractivity contribution in [1.82, 2.24) is 9.88 Å². The molecule has 11 heteroatoms. The van der Waals surface area contributed by atoms with Crippen molar-refractivity contribution in [3.05, 3.63) is 88.7 Å². The molecule has 0 radical (unpaired) electrons. The van der Waals surface area contributed by atoms with Crippen LogP contribution in [-0.4, -0.2) is 47.9 Å². The highest BCUT2D eigenvalue weighted by Crippen LogP contribution is 2.36. The zero-order valence-electron chi connectivity index (χ0n) is 19.4. The summed E-state index contributed by atoms with van der Waals surface area (Å²) < 4.78 is 50.3. The van der Waals surface area contributed by atoms with Gasteiger partial charge < -0.3 is 19.7 Å². The van der Waals surface area contributed by atoms with E-state index in [0.717, 1.165) is 12.1 Å². The highest BCUT2D eigenvalue weighted by atomic mass is 35.5. The number of alkyl halides is 3. The predicted molar refractivity (Wildman–Crippen MR) is 134 cm³/mol. The number of carbonyl (C=O) groups is 1. The molecular formula is C26H22ClF3N4O3. The van der Waals surface area contributed by atoms with Crippen LogP contribution in [0.2, 0.25) is 5.02 Å². The average molecular weight is 531 g/mol. The maximum atomic E-state index is 13.0. The van der Waals surface area contributed by atoms with Crippen molar-refractivity contribution in [2.75, 3.05) is 31.6 Å². The molecule has 2 N–H and O–H groups in total. The van der Waals surface area contributed by atoms with Crippen LogP contribution in [0.1, 0.15) is 16.8 Å². The first-order valence-corrected chi connectivity index (χ1v) is 11.6. The molecule has 192 valence electrons. The number of nitrogens with one attached hydrogen (secondary N) is 2. The van der Waals surface area contributed by atoms with Gasteiger partial charge in [0.1, 0.15) is 23.0 Å². The molecule has 1 fully saturated rings. The van der Waals surface area contributed by atoms with Crippen LogP contribution in [0, 0.1) is 5.41 Å². The summed E-state index contributed by atoms with van der Waals surface area (Å²) in [7, 11) is 0. The third-order valence-electron chi connectivity index (χ3n) is 5.36. The Morgan fingerprint density at radius 3 is 2.62 bits per heavy atom. The number of rotatable bonds is 6. The molecule has 1 amide bonds. The fourth-order valence-electron chi connectivity index (χ4n) is 3.55. The Labute approximate surface area is 216 Å². The van der Waals surface area contributed by atoms with E-state index in [9.17, 15) is 18.0 Å². The third-order valence-corrected chi connectivity index (χ3v) is 5.69. The van der Waals surface area contributed by atoms with Gasteiger partial charge in [0.2, 0.25) is 5.91 Å². The number of hydrogen-bond acceptors (Lipinski definition) is 5. The normalized spacial score (nSPS) is 14.0. The summed E-state index contributed by atoms with van der Waals surface area (Å²) in [5, 5.41) is 10.4. The van der Waals surface area contributed by atoms with Crippen LogP contribution in [-0.2, 0) is 15.7 Å². The van der Waals surface area contributed by atoms with Gasteiger partial charge in [-0.3, -0.25) is 15.2 Å². The molecule has 0 saturated carbocycles. The molecule has 7 nitrogen and oxygen atoms in total. The van der Waals surface area contributed by atoms with Crippen molar-refractivity contribution < 1.29 is 27.4 Å². The van der Waals surface area contributed by atoms with Gasteiger partial charge in [0.25, 0.3) is 0 Å². The fourth-order valence-corrected chi connectivity index (χ4v) is 3.77. The van der Waals surface area contributed by atoms with E-state index < -0.39 is 22.7 Å². The molecule has 2 aromatic carbocycles. The number of ether oxygens (including phenoxy) is 2. The number of anilines is 1. The number of amides is 1. The number of amidine groups is 1. The van der Waals surface area contributed by atoms with Gasteiger partial charge in [-0.1, -0.05) is 23.7 Å². The molecule has 0 atom stereocenters. The van der Waals surface area contributed by atoms with Crippen molar-refractivity contribution in [3.63, 3.8) is 0 Å². The molecular weight excluding hydrogens is 509 g/mol. The minimum absolute atomic E-state index is 0.0282. The van der Waals surface area contributed by atoms with E-state index in [4.69, 9.17) is 26.5 Å². The van der Waals surface area contributed by atoms with Crippen LogP contribution in [0.3, 0.4) is 0 Å². The maximum absolute atomic E-state index is 13.0. The van der Waals surface area contributed by atoms with Crippen LogP contribution in [0.25, 0.3) is 6.08 Å². The van der Waals surface area contributed by atoms with Gasteiger partial charge in [-0.15, -0.1) is 0 Å². The minimum atomic E-state index is -4.63. The first-order chi connectivity index (χ1) is 17.7. The Morgan fingerprint density at radius 2 is 1.86 bits per heavy atom. The maximum Gasteiger partial charge on any atom is 0.417 e. The lowest BCUT2D eigenvalue weighted by Gasteiger charge is -2.28. The number of halogens is 4. The molecule has 0 aliphatic carbocycles. The molecule has 0 bridgehead atoms. The lowest BCUT2D eigenvalue weighted by atomic mass is 10.2. The quantitative estimate of drug-likeness (QED) is 0.237. The molecule has 0 unspecified atom stereocenters. The third kappa shape index (κ3) is 7.08. The number of pyridine rings is 1. The zero-order valence-corrected chi connectivity index (χ0v) is 20.1. The average Bonchev–Trinajstić information content (AvgIpc) is 2.88. The molecule has 0 spiro atoms. The van der Waals surface area contributed by atoms with Gasteiger partial charge in [-0.25, -0.2) is 0 Å². The number of nitrogens with zero attached hydrogens (tertiary/aromatic N) is 2. The molecule has 1 saturated heterocycles. The second-order valence-electron chi connectivity index (χ2n) is 8.01. The van der Waals surface area contributed by atoms with Gasteiger partial charge >= 0.3 is 6.18 Å². The number of aromatic nitrogens is 1. The molecule has 1 aromatic heterocycles. The lowest BCUT2D eigenvalue weighted by Crippen LogP contribution is -2.41. The van der Waals surface area contributed by atoms with Crippen LogP contribution < -0.4 is 10.1 Å². The Kier molecular flexibility index (Phi) is 8.10. The zero-order chi connectivity index (χ0) is 26.4. The first kappa shape index (κ1) is 26.2. The summed E-state index contributed by atoms with van der Waals surface area (Å²) in [6.45, 7) is 2.36. The van der Waals surface area contributed by atoms with E-state index in [1.54, 1.807) is 42.6 Å². The molecule has 1 aliphatic rings. The number of morpholine rings is 1. The lowest BCUT2D eigenvalue weighted by molar-refractivity contribution is -0.137. The second-order valence-corrected chi connectivity index (χ2v) is 8.42. The molecule has 3 aromatic rings. The summed E-state index contributed by atoms with van der Waals surface area (Å²) in [5.74, 6) is 0.664.